The maximum Gasteiger partial charge on any atom is 0.190 e. The zero-order chi connectivity index (χ0) is 16.4. The number of hydrogen-bond acceptors (Lipinski definition) is 3. The van der Waals surface area contributed by atoms with Crippen molar-refractivity contribution in [2.75, 3.05) is 40.0 Å². The maximum atomic E-state index is 9.28. The Bertz CT molecular complexity index is 354. The Kier molecular flexibility index (Phi) is 11.3. The number of nitrogens with one attached hydrogen (secondary N) is 2. The highest BCUT2D eigenvalue weighted by molar-refractivity contribution is 14.0. The highest BCUT2D eigenvalue weighted by Gasteiger charge is 2.34. The number of guanidine groups is 1. The summed E-state index contributed by atoms with van der Waals surface area (Å²) in [4.78, 5) is 4.31. The van der Waals surface area contributed by atoms with Gasteiger partial charge in [-0.25, -0.2) is 0 Å². The molecule has 5 nitrogen and oxygen atoms in total. The monoisotopic (exact) mass is 453 g/mol. The molecule has 0 aromatic heterocycles. The van der Waals surface area contributed by atoms with E-state index in [0.717, 1.165) is 51.0 Å². The van der Waals surface area contributed by atoms with Crippen LogP contribution in [0.25, 0.3) is 0 Å². The van der Waals surface area contributed by atoms with Crippen LogP contribution >= 0.6 is 24.0 Å². The van der Waals surface area contributed by atoms with Crippen LogP contribution in [0.1, 0.15) is 57.8 Å². The second kappa shape index (κ2) is 12.3. The summed E-state index contributed by atoms with van der Waals surface area (Å²) < 4.78 is 5.53. The van der Waals surface area contributed by atoms with Crippen molar-refractivity contribution in [2.45, 2.75) is 57.8 Å². The Hall–Kier alpha value is -0.0800. The van der Waals surface area contributed by atoms with E-state index in [1.807, 2.05) is 7.05 Å². The molecular formula is C18H36IN3O2. The predicted molar refractivity (Wildman–Crippen MR) is 110 cm³/mol. The molecule has 1 saturated heterocycles. The first kappa shape index (κ1) is 22.0. The number of unbranched alkanes of at least 4 members (excludes halogenated alkanes) is 1. The number of aliphatic hydroxyl groups excluding tert-OH is 1. The molecule has 0 spiro atoms. The van der Waals surface area contributed by atoms with Crippen LogP contribution in [0.4, 0.5) is 0 Å². The van der Waals surface area contributed by atoms with Crippen LogP contribution < -0.4 is 10.6 Å². The van der Waals surface area contributed by atoms with Gasteiger partial charge in [-0.1, -0.05) is 38.5 Å². The molecule has 1 heterocycles. The smallest absolute Gasteiger partial charge is 0.190 e. The molecule has 6 heteroatoms. The molecule has 3 N–H and O–H groups in total. The van der Waals surface area contributed by atoms with Crippen LogP contribution in [0, 0.1) is 11.3 Å². The average Bonchev–Trinajstić information content (AvgIpc) is 3.23. The molecule has 24 heavy (non-hydrogen) atoms. The van der Waals surface area contributed by atoms with E-state index in [0.29, 0.717) is 0 Å². The van der Waals surface area contributed by atoms with Crippen molar-refractivity contribution in [1.82, 2.24) is 10.6 Å². The van der Waals surface area contributed by atoms with Gasteiger partial charge >= 0.3 is 0 Å². The fourth-order valence-electron chi connectivity index (χ4n) is 3.87. The van der Waals surface area contributed by atoms with Gasteiger partial charge in [0.2, 0.25) is 0 Å². The van der Waals surface area contributed by atoms with Gasteiger partial charge in [0.05, 0.1) is 6.61 Å². The molecule has 0 radical (unpaired) electrons. The number of rotatable bonds is 9. The first-order valence-electron chi connectivity index (χ1n) is 9.41. The predicted octanol–water partition coefficient (Wildman–Crippen LogP) is 2.92. The molecule has 1 aliphatic carbocycles. The van der Waals surface area contributed by atoms with Crippen LogP contribution in [0.5, 0.6) is 0 Å². The van der Waals surface area contributed by atoms with Gasteiger partial charge in [-0.3, -0.25) is 4.99 Å². The fraction of sp³-hybridized carbons (Fsp3) is 0.944. The second-order valence-electron chi connectivity index (χ2n) is 7.28. The number of aliphatic hydroxyl groups is 1. The average molecular weight is 453 g/mol. The Morgan fingerprint density at radius 1 is 1.25 bits per heavy atom. The van der Waals surface area contributed by atoms with E-state index in [1.165, 1.54) is 44.9 Å². The normalized spacial score (nSPS) is 24.8. The van der Waals surface area contributed by atoms with E-state index in [4.69, 9.17) is 4.74 Å². The second-order valence-corrected chi connectivity index (χ2v) is 7.28. The zero-order valence-electron chi connectivity index (χ0n) is 15.2. The largest absolute Gasteiger partial charge is 0.396 e. The minimum Gasteiger partial charge on any atom is -0.396 e. The van der Waals surface area contributed by atoms with Crippen molar-refractivity contribution in [3.63, 3.8) is 0 Å². The summed E-state index contributed by atoms with van der Waals surface area (Å²) in [7, 11) is 1.82. The van der Waals surface area contributed by atoms with Crippen LogP contribution in [-0.2, 0) is 4.74 Å². The van der Waals surface area contributed by atoms with Crippen molar-refractivity contribution in [1.29, 1.82) is 0 Å². The molecule has 142 valence electrons. The summed E-state index contributed by atoms with van der Waals surface area (Å²) >= 11 is 0. The van der Waals surface area contributed by atoms with E-state index in [-0.39, 0.29) is 36.0 Å². The van der Waals surface area contributed by atoms with E-state index in [2.05, 4.69) is 15.6 Å². The number of nitrogens with zero attached hydrogens (tertiary/aromatic N) is 1. The van der Waals surface area contributed by atoms with Crippen molar-refractivity contribution in [2.24, 2.45) is 16.3 Å². The Morgan fingerprint density at radius 2 is 2.04 bits per heavy atom. The van der Waals surface area contributed by atoms with Gasteiger partial charge in [0.15, 0.2) is 5.96 Å². The topological polar surface area (TPSA) is 65.9 Å². The van der Waals surface area contributed by atoms with E-state index < -0.39 is 0 Å². The van der Waals surface area contributed by atoms with Crippen LogP contribution in [-0.4, -0.2) is 51.0 Å². The first-order valence-corrected chi connectivity index (χ1v) is 9.41. The summed E-state index contributed by atoms with van der Waals surface area (Å²) in [5, 5.41) is 16.1. The van der Waals surface area contributed by atoms with Gasteiger partial charge in [0.25, 0.3) is 0 Å². The van der Waals surface area contributed by atoms with Gasteiger partial charge < -0.3 is 20.5 Å². The molecule has 2 aliphatic rings. The van der Waals surface area contributed by atoms with Crippen molar-refractivity contribution in [3.8, 4) is 0 Å². The highest BCUT2D eigenvalue weighted by Crippen LogP contribution is 2.31. The molecule has 2 rings (SSSR count). The van der Waals surface area contributed by atoms with Crippen LogP contribution in [0.15, 0.2) is 4.99 Å². The van der Waals surface area contributed by atoms with Crippen molar-refractivity contribution < 1.29 is 9.84 Å². The van der Waals surface area contributed by atoms with Gasteiger partial charge in [0.1, 0.15) is 0 Å². The molecule has 1 aliphatic heterocycles. The SMILES string of the molecule is CN=C(NCCCCC1CCCC1)NCC1(CCO)CCOC1.I. The summed E-state index contributed by atoms with van der Waals surface area (Å²) in [6, 6.07) is 0. The van der Waals surface area contributed by atoms with Crippen molar-refractivity contribution in [3.05, 3.63) is 0 Å². The summed E-state index contributed by atoms with van der Waals surface area (Å²) in [5.41, 5.74) is 0.0643. The number of aliphatic imine (C=N–C) groups is 1. The van der Waals surface area contributed by atoms with Gasteiger partial charge in [-0.15, -0.1) is 24.0 Å². The molecular weight excluding hydrogens is 417 g/mol. The van der Waals surface area contributed by atoms with Crippen LogP contribution in [0.2, 0.25) is 0 Å². The van der Waals surface area contributed by atoms with Crippen LogP contribution in [0.3, 0.4) is 0 Å². The molecule has 0 bridgehead atoms. The lowest BCUT2D eigenvalue weighted by molar-refractivity contribution is 0.127. The standard InChI is InChI=1S/C18H35N3O2.HI/c1-19-17(20-11-5-4-8-16-6-2-3-7-16)21-14-18(9-12-22)10-13-23-15-18;/h16,22H,2-15H2,1H3,(H2,19,20,21);1H. The third kappa shape index (κ3) is 7.44. The van der Waals surface area contributed by atoms with Gasteiger partial charge in [-0.2, -0.15) is 0 Å². The van der Waals surface area contributed by atoms with E-state index in [1.54, 1.807) is 0 Å². The maximum absolute atomic E-state index is 9.28. The minimum atomic E-state index is 0. The third-order valence-electron chi connectivity index (χ3n) is 5.49. The summed E-state index contributed by atoms with van der Waals surface area (Å²) in [6.07, 6.45) is 11.5. The lowest BCUT2D eigenvalue weighted by Gasteiger charge is -2.27. The van der Waals surface area contributed by atoms with E-state index in [9.17, 15) is 5.11 Å². The van der Waals surface area contributed by atoms with E-state index >= 15 is 0 Å². The highest BCUT2D eigenvalue weighted by atomic mass is 127. The number of hydrogen-bond donors (Lipinski definition) is 3. The molecule has 0 aromatic carbocycles. The zero-order valence-corrected chi connectivity index (χ0v) is 17.5. The Labute approximate surface area is 164 Å². The summed E-state index contributed by atoms with van der Waals surface area (Å²) in [5.74, 6) is 1.86. The van der Waals surface area contributed by atoms with Gasteiger partial charge in [0, 0.05) is 38.8 Å². The van der Waals surface area contributed by atoms with Crippen molar-refractivity contribution >= 4 is 29.9 Å². The Morgan fingerprint density at radius 3 is 2.67 bits per heavy atom. The lowest BCUT2D eigenvalue weighted by Crippen LogP contribution is -2.44. The fourth-order valence-corrected chi connectivity index (χ4v) is 3.87. The minimum absolute atomic E-state index is 0. The number of ether oxygens (including phenoxy) is 1. The molecule has 1 atom stereocenters. The molecule has 0 aromatic rings. The third-order valence-corrected chi connectivity index (χ3v) is 5.49. The number of halogens is 1. The Balaban J connectivity index is 0.00000288. The quantitative estimate of drug-likeness (QED) is 0.218. The summed E-state index contributed by atoms with van der Waals surface area (Å²) in [6.45, 7) is 3.55. The first-order chi connectivity index (χ1) is 11.3. The lowest BCUT2D eigenvalue weighted by atomic mass is 9.84. The molecule has 1 unspecified atom stereocenters. The molecule has 1 saturated carbocycles. The molecule has 0 amide bonds. The molecule has 2 fully saturated rings. The van der Waals surface area contributed by atoms with Gasteiger partial charge in [-0.05, 0) is 25.2 Å².